The van der Waals surface area contributed by atoms with E-state index in [4.69, 9.17) is 4.74 Å². The van der Waals surface area contributed by atoms with Crippen LogP contribution in [0.3, 0.4) is 0 Å². The maximum absolute atomic E-state index is 5.55. The standard InChI is InChI=1S/C22H24N2OS.ClH/c1-25-22-21(11-16-26-22)20-10-6-5-7-18(20)17-23-12-14-24(15-13-23)19-8-3-2-4-9-19;/h2-11,16H,12-15,17H2,1H3;1H. The first-order valence-corrected chi connectivity index (χ1v) is 9.95. The minimum absolute atomic E-state index is 0. The summed E-state index contributed by atoms with van der Waals surface area (Å²) in [7, 11) is 1.75. The second kappa shape index (κ2) is 9.27. The molecule has 0 aliphatic carbocycles. The molecule has 5 heteroatoms. The summed E-state index contributed by atoms with van der Waals surface area (Å²) in [5.74, 6) is 0. The lowest BCUT2D eigenvalue weighted by molar-refractivity contribution is 0.250. The Kier molecular flexibility index (Phi) is 6.78. The lowest BCUT2D eigenvalue weighted by Gasteiger charge is -2.36. The Morgan fingerprint density at radius 1 is 0.852 bits per heavy atom. The molecule has 0 radical (unpaired) electrons. The third-order valence-electron chi connectivity index (χ3n) is 5.01. The average Bonchev–Trinajstić information content (AvgIpc) is 3.18. The van der Waals surface area contributed by atoms with Gasteiger partial charge in [0.1, 0.15) is 0 Å². The van der Waals surface area contributed by atoms with E-state index in [1.54, 1.807) is 18.4 Å². The number of piperazine rings is 1. The summed E-state index contributed by atoms with van der Waals surface area (Å²) in [6.07, 6.45) is 0. The third kappa shape index (κ3) is 4.46. The smallest absolute Gasteiger partial charge is 0.181 e. The van der Waals surface area contributed by atoms with Gasteiger partial charge in [-0.2, -0.15) is 0 Å². The van der Waals surface area contributed by atoms with Gasteiger partial charge in [-0.3, -0.25) is 4.90 Å². The Hall–Kier alpha value is -2.01. The predicted molar refractivity (Wildman–Crippen MR) is 117 cm³/mol. The van der Waals surface area contributed by atoms with Crippen LogP contribution in [0.25, 0.3) is 11.1 Å². The Bertz CT molecular complexity index is 844. The molecule has 2 aromatic carbocycles. The monoisotopic (exact) mass is 400 g/mol. The van der Waals surface area contributed by atoms with E-state index < -0.39 is 0 Å². The van der Waals surface area contributed by atoms with Gasteiger partial charge in [-0.05, 0) is 34.7 Å². The molecule has 1 aromatic heterocycles. The molecule has 4 rings (SSSR count). The maximum atomic E-state index is 5.55. The number of para-hydroxylation sites is 1. The summed E-state index contributed by atoms with van der Waals surface area (Å²) in [4.78, 5) is 5.03. The Labute approximate surface area is 171 Å². The van der Waals surface area contributed by atoms with Gasteiger partial charge >= 0.3 is 0 Å². The zero-order valence-electron chi connectivity index (χ0n) is 15.5. The molecule has 0 atom stereocenters. The highest BCUT2D eigenvalue weighted by Gasteiger charge is 2.19. The molecule has 0 N–H and O–H groups in total. The zero-order chi connectivity index (χ0) is 17.8. The van der Waals surface area contributed by atoms with Crippen molar-refractivity contribution in [1.82, 2.24) is 4.90 Å². The molecule has 3 nitrogen and oxygen atoms in total. The fraction of sp³-hybridized carbons (Fsp3) is 0.273. The number of benzene rings is 2. The van der Waals surface area contributed by atoms with Gasteiger partial charge in [0.2, 0.25) is 0 Å². The molecule has 0 amide bonds. The van der Waals surface area contributed by atoms with Gasteiger partial charge in [-0.1, -0.05) is 42.5 Å². The van der Waals surface area contributed by atoms with Gasteiger partial charge in [0.15, 0.2) is 5.06 Å². The van der Waals surface area contributed by atoms with Gasteiger partial charge in [0.25, 0.3) is 0 Å². The summed E-state index contributed by atoms with van der Waals surface area (Å²) >= 11 is 1.65. The topological polar surface area (TPSA) is 15.7 Å². The van der Waals surface area contributed by atoms with Crippen LogP contribution in [0, 0.1) is 0 Å². The first-order valence-electron chi connectivity index (χ1n) is 9.07. The van der Waals surface area contributed by atoms with Crippen molar-refractivity contribution in [1.29, 1.82) is 0 Å². The van der Waals surface area contributed by atoms with Crippen molar-refractivity contribution < 1.29 is 4.74 Å². The van der Waals surface area contributed by atoms with Crippen LogP contribution >= 0.6 is 23.7 Å². The van der Waals surface area contributed by atoms with E-state index in [1.165, 1.54) is 22.4 Å². The van der Waals surface area contributed by atoms with Crippen LogP contribution in [0.15, 0.2) is 66.0 Å². The van der Waals surface area contributed by atoms with Gasteiger partial charge < -0.3 is 9.64 Å². The Morgan fingerprint density at radius 3 is 2.30 bits per heavy atom. The van der Waals surface area contributed by atoms with Crippen molar-refractivity contribution in [3.05, 3.63) is 71.6 Å². The van der Waals surface area contributed by atoms with Crippen molar-refractivity contribution in [2.75, 3.05) is 38.2 Å². The van der Waals surface area contributed by atoms with E-state index in [2.05, 4.69) is 75.8 Å². The Balaban J connectivity index is 0.00000210. The van der Waals surface area contributed by atoms with Crippen LogP contribution in [0.1, 0.15) is 5.56 Å². The van der Waals surface area contributed by atoms with Crippen LogP contribution in [0.4, 0.5) is 5.69 Å². The van der Waals surface area contributed by atoms with E-state index in [1.807, 2.05) is 0 Å². The number of halogens is 1. The molecule has 0 spiro atoms. The summed E-state index contributed by atoms with van der Waals surface area (Å²) in [5.41, 5.74) is 5.19. The minimum atomic E-state index is 0. The fourth-order valence-electron chi connectivity index (χ4n) is 3.62. The molecule has 27 heavy (non-hydrogen) atoms. The summed E-state index contributed by atoms with van der Waals surface area (Å²) in [6, 6.07) is 21.6. The molecule has 1 saturated heterocycles. The highest BCUT2D eigenvalue weighted by Crippen LogP contribution is 2.37. The first-order chi connectivity index (χ1) is 12.8. The number of rotatable bonds is 5. The molecule has 1 fully saturated rings. The first kappa shape index (κ1) is 19.7. The van der Waals surface area contributed by atoms with Crippen LogP contribution < -0.4 is 9.64 Å². The number of ether oxygens (including phenoxy) is 1. The third-order valence-corrected chi connectivity index (χ3v) is 5.88. The molecular weight excluding hydrogens is 376 g/mol. The minimum Gasteiger partial charge on any atom is -0.487 e. The highest BCUT2D eigenvalue weighted by atomic mass is 35.5. The molecule has 142 valence electrons. The normalized spacial score (nSPS) is 14.6. The van der Waals surface area contributed by atoms with Crippen LogP contribution in [-0.4, -0.2) is 38.2 Å². The maximum Gasteiger partial charge on any atom is 0.181 e. The van der Waals surface area contributed by atoms with E-state index >= 15 is 0 Å². The van der Waals surface area contributed by atoms with Gasteiger partial charge in [-0.15, -0.1) is 23.7 Å². The molecule has 0 unspecified atom stereocenters. The van der Waals surface area contributed by atoms with Crippen LogP contribution in [-0.2, 0) is 6.54 Å². The quantitative estimate of drug-likeness (QED) is 0.587. The molecule has 2 heterocycles. The number of hydrogen-bond donors (Lipinski definition) is 0. The van der Waals surface area contributed by atoms with Gasteiger partial charge in [0.05, 0.1) is 7.11 Å². The summed E-state index contributed by atoms with van der Waals surface area (Å²) in [5, 5.41) is 3.09. The second-order valence-electron chi connectivity index (χ2n) is 6.58. The van der Waals surface area contributed by atoms with Crippen molar-refractivity contribution in [3.63, 3.8) is 0 Å². The molecule has 1 aliphatic heterocycles. The average molecular weight is 401 g/mol. The van der Waals surface area contributed by atoms with Crippen LogP contribution in [0.2, 0.25) is 0 Å². The largest absolute Gasteiger partial charge is 0.487 e. The van der Waals surface area contributed by atoms with E-state index in [0.717, 1.165) is 37.8 Å². The SMILES string of the molecule is COc1sccc1-c1ccccc1CN1CCN(c2ccccc2)CC1.Cl. The zero-order valence-corrected chi connectivity index (χ0v) is 17.1. The molecule has 1 aliphatic rings. The van der Waals surface area contributed by atoms with Crippen molar-refractivity contribution in [2.24, 2.45) is 0 Å². The number of methoxy groups -OCH3 is 1. The van der Waals surface area contributed by atoms with E-state index in [0.29, 0.717) is 0 Å². The van der Waals surface area contributed by atoms with Crippen molar-refractivity contribution in [3.8, 4) is 16.2 Å². The number of hydrogen-bond acceptors (Lipinski definition) is 4. The van der Waals surface area contributed by atoms with E-state index in [9.17, 15) is 0 Å². The lowest BCUT2D eigenvalue weighted by Crippen LogP contribution is -2.46. The lowest BCUT2D eigenvalue weighted by atomic mass is 10.0. The van der Waals surface area contributed by atoms with Gasteiger partial charge in [0, 0.05) is 44.0 Å². The molecule has 3 aromatic rings. The van der Waals surface area contributed by atoms with Crippen molar-refractivity contribution in [2.45, 2.75) is 6.54 Å². The number of nitrogens with zero attached hydrogens (tertiary/aromatic N) is 2. The summed E-state index contributed by atoms with van der Waals surface area (Å²) < 4.78 is 5.55. The number of thiophene rings is 1. The van der Waals surface area contributed by atoms with Crippen LogP contribution in [0.5, 0.6) is 5.06 Å². The second-order valence-corrected chi connectivity index (χ2v) is 7.46. The molecule has 0 bridgehead atoms. The summed E-state index contributed by atoms with van der Waals surface area (Å²) in [6.45, 7) is 5.31. The highest BCUT2D eigenvalue weighted by molar-refractivity contribution is 7.12. The van der Waals surface area contributed by atoms with Crippen molar-refractivity contribution >= 4 is 29.4 Å². The number of anilines is 1. The fourth-order valence-corrected chi connectivity index (χ4v) is 4.35. The molecule has 0 saturated carbocycles. The Morgan fingerprint density at radius 2 is 1.56 bits per heavy atom. The van der Waals surface area contributed by atoms with E-state index in [-0.39, 0.29) is 12.4 Å². The molecular formula is C22H25ClN2OS. The predicted octanol–water partition coefficient (Wildman–Crippen LogP) is 5.17. The van der Waals surface area contributed by atoms with Gasteiger partial charge in [-0.25, -0.2) is 0 Å².